The van der Waals surface area contributed by atoms with Crippen molar-refractivity contribution in [2.75, 3.05) is 25.2 Å². The van der Waals surface area contributed by atoms with Crippen LogP contribution in [0, 0.1) is 0 Å². The maximum Gasteiger partial charge on any atom is 0.220 e. The molecule has 0 atom stereocenters. The number of rotatable bonds is 5. The molecule has 0 radical (unpaired) electrons. The molecule has 0 aromatic heterocycles. The first-order valence-corrected chi connectivity index (χ1v) is 4.57. The normalized spacial score (nSPS) is 9.40. The van der Waals surface area contributed by atoms with Crippen LogP contribution in [-0.2, 0) is 4.79 Å². The first-order valence-electron chi connectivity index (χ1n) is 3.17. The Morgan fingerprint density at radius 2 is 2.40 bits per heavy atom. The highest BCUT2D eigenvalue weighted by atomic mass is 32.2. The van der Waals surface area contributed by atoms with Crippen LogP contribution in [0.4, 0.5) is 0 Å². The van der Waals surface area contributed by atoms with Crippen LogP contribution in [0.1, 0.15) is 6.42 Å². The van der Waals surface area contributed by atoms with E-state index in [-0.39, 0.29) is 12.5 Å². The summed E-state index contributed by atoms with van der Waals surface area (Å²) in [5.41, 5.74) is 0. The number of nitrogens with one attached hydrogen (secondary N) is 1. The highest BCUT2D eigenvalue weighted by Crippen LogP contribution is 1.93. The lowest BCUT2D eigenvalue weighted by atomic mass is 10.4. The van der Waals surface area contributed by atoms with Gasteiger partial charge in [-0.15, -0.1) is 0 Å². The van der Waals surface area contributed by atoms with E-state index in [1.165, 1.54) is 0 Å². The highest BCUT2D eigenvalue weighted by molar-refractivity contribution is 7.98. The number of thioether (sulfide) groups is 1. The van der Waals surface area contributed by atoms with Crippen molar-refractivity contribution in [3.8, 4) is 0 Å². The topological polar surface area (TPSA) is 49.3 Å². The maximum absolute atomic E-state index is 10.7. The van der Waals surface area contributed by atoms with Gasteiger partial charge in [0.1, 0.15) is 0 Å². The third-order valence-electron chi connectivity index (χ3n) is 0.967. The van der Waals surface area contributed by atoms with Crippen LogP contribution < -0.4 is 5.32 Å². The zero-order valence-electron chi connectivity index (χ0n) is 6.09. The Balaban J connectivity index is 3.09. The van der Waals surface area contributed by atoms with E-state index in [9.17, 15) is 4.79 Å². The van der Waals surface area contributed by atoms with Crippen LogP contribution in [0.15, 0.2) is 0 Å². The van der Waals surface area contributed by atoms with Crippen LogP contribution >= 0.6 is 11.8 Å². The third kappa shape index (κ3) is 5.91. The summed E-state index contributed by atoms with van der Waals surface area (Å²) in [7, 11) is 0. The summed E-state index contributed by atoms with van der Waals surface area (Å²) in [4.78, 5) is 10.7. The minimum absolute atomic E-state index is 0.0170. The Labute approximate surface area is 65.2 Å². The van der Waals surface area contributed by atoms with Crippen molar-refractivity contribution >= 4 is 17.7 Å². The third-order valence-corrected chi connectivity index (χ3v) is 1.58. The van der Waals surface area contributed by atoms with Crippen molar-refractivity contribution in [2.24, 2.45) is 0 Å². The molecule has 0 aliphatic carbocycles. The van der Waals surface area contributed by atoms with Gasteiger partial charge in [0.05, 0.1) is 6.61 Å². The van der Waals surface area contributed by atoms with E-state index in [1.54, 1.807) is 11.8 Å². The summed E-state index contributed by atoms with van der Waals surface area (Å²) in [5.74, 6) is 0.862. The van der Waals surface area contributed by atoms with Crippen molar-refractivity contribution < 1.29 is 9.90 Å². The molecular formula is C6H13NO2S. The molecule has 0 fully saturated rings. The molecule has 0 saturated carbocycles. The van der Waals surface area contributed by atoms with Crippen molar-refractivity contribution in [2.45, 2.75) is 6.42 Å². The smallest absolute Gasteiger partial charge is 0.220 e. The molecule has 60 valence electrons. The zero-order chi connectivity index (χ0) is 7.82. The van der Waals surface area contributed by atoms with Gasteiger partial charge in [-0.05, 0) is 6.26 Å². The molecule has 0 aliphatic rings. The van der Waals surface area contributed by atoms with Gasteiger partial charge in [-0.2, -0.15) is 11.8 Å². The van der Waals surface area contributed by atoms with Gasteiger partial charge >= 0.3 is 0 Å². The van der Waals surface area contributed by atoms with Gasteiger partial charge < -0.3 is 10.4 Å². The number of aliphatic hydroxyl groups is 1. The van der Waals surface area contributed by atoms with E-state index in [0.29, 0.717) is 13.0 Å². The second kappa shape index (κ2) is 6.89. The van der Waals surface area contributed by atoms with Crippen molar-refractivity contribution in [1.29, 1.82) is 0 Å². The molecule has 0 aliphatic heterocycles. The summed E-state index contributed by atoms with van der Waals surface area (Å²) in [6.07, 6.45) is 2.50. The van der Waals surface area contributed by atoms with Gasteiger partial charge in [-0.3, -0.25) is 4.79 Å². The molecule has 3 nitrogen and oxygen atoms in total. The molecule has 2 N–H and O–H groups in total. The minimum atomic E-state index is 0.0170. The quantitative estimate of drug-likeness (QED) is 0.592. The minimum Gasteiger partial charge on any atom is -0.395 e. The van der Waals surface area contributed by atoms with Crippen LogP contribution in [0.2, 0.25) is 0 Å². The Kier molecular flexibility index (Phi) is 6.74. The number of aliphatic hydroxyl groups excluding tert-OH is 1. The van der Waals surface area contributed by atoms with E-state index in [2.05, 4.69) is 5.32 Å². The van der Waals surface area contributed by atoms with Crippen LogP contribution in [0.5, 0.6) is 0 Å². The molecule has 0 saturated heterocycles. The van der Waals surface area contributed by atoms with Crippen molar-refractivity contribution in [3.05, 3.63) is 0 Å². The Morgan fingerprint density at radius 1 is 1.70 bits per heavy atom. The molecule has 0 aromatic rings. The molecule has 0 spiro atoms. The lowest BCUT2D eigenvalue weighted by Gasteiger charge is -2.00. The fraction of sp³-hybridized carbons (Fsp3) is 0.833. The first kappa shape index (κ1) is 9.78. The number of amides is 1. The van der Waals surface area contributed by atoms with Crippen LogP contribution in [0.25, 0.3) is 0 Å². The van der Waals surface area contributed by atoms with E-state index < -0.39 is 0 Å². The Bertz CT molecular complexity index is 87.7. The zero-order valence-corrected chi connectivity index (χ0v) is 6.91. The summed E-state index contributed by atoms with van der Waals surface area (Å²) in [6, 6.07) is 0. The summed E-state index contributed by atoms with van der Waals surface area (Å²) in [6.45, 7) is 0.387. The van der Waals surface area contributed by atoms with Gasteiger partial charge in [0.15, 0.2) is 0 Å². The predicted octanol–water partition coefficient (Wildman–Crippen LogP) is -0.152. The van der Waals surface area contributed by atoms with E-state index >= 15 is 0 Å². The van der Waals surface area contributed by atoms with Crippen molar-refractivity contribution in [1.82, 2.24) is 5.32 Å². The summed E-state index contributed by atoms with van der Waals surface area (Å²) >= 11 is 1.64. The van der Waals surface area contributed by atoms with E-state index in [4.69, 9.17) is 5.11 Å². The molecular weight excluding hydrogens is 150 g/mol. The van der Waals surface area contributed by atoms with Gasteiger partial charge in [-0.25, -0.2) is 0 Å². The van der Waals surface area contributed by atoms with Crippen LogP contribution in [0.3, 0.4) is 0 Å². The molecule has 10 heavy (non-hydrogen) atoms. The molecule has 0 aromatic carbocycles. The number of hydrogen-bond donors (Lipinski definition) is 2. The summed E-state index contributed by atoms with van der Waals surface area (Å²) < 4.78 is 0. The number of hydrogen-bond acceptors (Lipinski definition) is 3. The molecule has 0 rings (SSSR count). The predicted molar refractivity (Wildman–Crippen MR) is 43.1 cm³/mol. The average Bonchev–Trinajstić information content (AvgIpc) is 1.97. The molecule has 0 bridgehead atoms. The second-order valence-electron chi connectivity index (χ2n) is 1.82. The maximum atomic E-state index is 10.7. The second-order valence-corrected chi connectivity index (χ2v) is 2.80. The summed E-state index contributed by atoms with van der Waals surface area (Å²) in [5, 5.41) is 10.9. The standard InChI is InChI=1S/C6H13NO2S/c1-10-5-2-6(9)7-3-4-8/h8H,2-5H2,1H3,(H,7,9). The fourth-order valence-corrected chi connectivity index (χ4v) is 0.868. The van der Waals surface area contributed by atoms with E-state index in [0.717, 1.165) is 5.75 Å². The fourth-order valence-electron chi connectivity index (χ4n) is 0.478. The number of carbonyl (C=O) groups excluding carboxylic acids is 1. The van der Waals surface area contributed by atoms with Gasteiger partial charge in [0.2, 0.25) is 5.91 Å². The average molecular weight is 163 g/mol. The number of carbonyl (C=O) groups is 1. The van der Waals surface area contributed by atoms with Gasteiger partial charge in [0, 0.05) is 18.7 Å². The molecule has 0 unspecified atom stereocenters. The Morgan fingerprint density at radius 3 is 2.90 bits per heavy atom. The lowest BCUT2D eigenvalue weighted by Crippen LogP contribution is -2.26. The largest absolute Gasteiger partial charge is 0.395 e. The SMILES string of the molecule is CSCCC(=O)NCCO. The van der Waals surface area contributed by atoms with Crippen LogP contribution in [-0.4, -0.2) is 36.2 Å². The monoisotopic (exact) mass is 163 g/mol. The molecule has 1 amide bonds. The van der Waals surface area contributed by atoms with Gasteiger partial charge in [0.25, 0.3) is 0 Å². The van der Waals surface area contributed by atoms with Gasteiger partial charge in [-0.1, -0.05) is 0 Å². The van der Waals surface area contributed by atoms with E-state index in [1.807, 2.05) is 6.26 Å². The lowest BCUT2D eigenvalue weighted by molar-refractivity contribution is -0.120. The highest BCUT2D eigenvalue weighted by Gasteiger charge is 1.96. The first-order chi connectivity index (χ1) is 4.81. The van der Waals surface area contributed by atoms with Crippen molar-refractivity contribution in [3.63, 3.8) is 0 Å². The molecule has 0 heterocycles. The molecule has 4 heteroatoms. The Hall–Kier alpha value is -0.220.